The molecule has 0 unspecified atom stereocenters. The van der Waals surface area contributed by atoms with Crippen molar-refractivity contribution in [1.29, 1.82) is 0 Å². The van der Waals surface area contributed by atoms with Gasteiger partial charge in [-0.25, -0.2) is 0 Å². The molecule has 2 aliphatic rings. The highest BCUT2D eigenvalue weighted by atomic mass is 19.3. The molecule has 4 nitrogen and oxygen atoms in total. The number of hydrogen-bond acceptors (Lipinski definition) is 2. The highest BCUT2D eigenvalue weighted by Crippen LogP contribution is 2.48. The molecule has 0 aliphatic carbocycles. The van der Waals surface area contributed by atoms with Gasteiger partial charge in [-0.3, -0.25) is 9.59 Å². The predicted molar refractivity (Wildman–Crippen MR) is 48.0 cm³/mol. The second-order valence-corrected chi connectivity index (χ2v) is 4.31. The fraction of sp³-hybridized carbons (Fsp3) is 0.778. The molecule has 0 aromatic heterocycles. The summed E-state index contributed by atoms with van der Waals surface area (Å²) in [5, 5.41) is 0. The van der Waals surface area contributed by atoms with Crippen LogP contribution in [-0.4, -0.2) is 65.6 Å². The van der Waals surface area contributed by atoms with Crippen molar-refractivity contribution in [3.05, 3.63) is 0 Å². The first kappa shape index (κ1) is 13.9. The Balaban J connectivity index is 2.28. The van der Waals surface area contributed by atoms with Gasteiger partial charge in [-0.05, 0) is 0 Å². The van der Waals surface area contributed by atoms with Gasteiger partial charge >= 0.3 is 17.8 Å². The molecule has 0 radical (unpaired) electrons. The van der Waals surface area contributed by atoms with Crippen molar-refractivity contribution in [3.63, 3.8) is 0 Å². The minimum atomic E-state index is -6.07. The van der Waals surface area contributed by atoms with Gasteiger partial charge in [0, 0.05) is 26.2 Å². The van der Waals surface area contributed by atoms with Gasteiger partial charge in [-0.15, -0.1) is 0 Å². The Kier molecular flexibility index (Phi) is 2.76. The van der Waals surface area contributed by atoms with Crippen LogP contribution in [0.1, 0.15) is 0 Å². The van der Waals surface area contributed by atoms with E-state index in [-0.39, 0.29) is 26.2 Å². The monoisotopic (exact) mass is 290 g/mol. The van der Waals surface area contributed by atoms with E-state index in [2.05, 4.69) is 0 Å². The van der Waals surface area contributed by atoms with Gasteiger partial charge in [0.25, 0.3) is 11.8 Å². The lowest BCUT2D eigenvalue weighted by Crippen LogP contribution is -2.63. The molecule has 0 spiro atoms. The summed E-state index contributed by atoms with van der Waals surface area (Å²) in [5.74, 6) is -22.1. The van der Waals surface area contributed by atoms with Crippen LogP contribution in [-0.2, 0) is 9.59 Å². The Labute approximate surface area is 102 Å². The van der Waals surface area contributed by atoms with Gasteiger partial charge in [0.1, 0.15) is 0 Å². The average molecular weight is 290 g/mol. The van der Waals surface area contributed by atoms with Crippen LogP contribution < -0.4 is 0 Å². The van der Waals surface area contributed by atoms with Crippen LogP contribution >= 0.6 is 0 Å². The summed E-state index contributed by atoms with van der Waals surface area (Å²) in [5.41, 5.74) is 0. The first-order chi connectivity index (χ1) is 8.53. The Morgan fingerprint density at radius 3 is 1.16 bits per heavy atom. The fourth-order valence-electron chi connectivity index (χ4n) is 1.37. The van der Waals surface area contributed by atoms with Gasteiger partial charge < -0.3 is 9.80 Å². The van der Waals surface area contributed by atoms with E-state index in [1.807, 2.05) is 0 Å². The molecule has 2 fully saturated rings. The molecule has 0 atom stereocenters. The van der Waals surface area contributed by atoms with Crippen molar-refractivity contribution in [1.82, 2.24) is 9.80 Å². The van der Waals surface area contributed by atoms with E-state index in [0.29, 0.717) is 9.80 Å². The third kappa shape index (κ3) is 1.93. The summed E-state index contributed by atoms with van der Waals surface area (Å²) in [7, 11) is 0. The maximum Gasteiger partial charge on any atom is 0.393 e. The van der Waals surface area contributed by atoms with Crippen molar-refractivity contribution in [3.8, 4) is 0 Å². The SMILES string of the molecule is O=C(N1CC1)C(F)(F)C(F)(F)C(F)(F)C(=O)N1CC1. The van der Waals surface area contributed by atoms with Crippen LogP contribution in [0.4, 0.5) is 26.3 Å². The Hall–Kier alpha value is -1.48. The van der Waals surface area contributed by atoms with Gasteiger partial charge in [0.2, 0.25) is 0 Å². The van der Waals surface area contributed by atoms with Crippen molar-refractivity contribution < 1.29 is 35.9 Å². The zero-order valence-electron chi connectivity index (χ0n) is 9.31. The van der Waals surface area contributed by atoms with Gasteiger partial charge in [0.05, 0.1) is 0 Å². The predicted octanol–water partition coefficient (Wildman–Crippen LogP) is 0.577. The second-order valence-electron chi connectivity index (χ2n) is 4.31. The van der Waals surface area contributed by atoms with E-state index in [1.54, 1.807) is 0 Å². The summed E-state index contributed by atoms with van der Waals surface area (Å²) in [6.45, 7) is -0.793. The highest BCUT2D eigenvalue weighted by molar-refractivity contribution is 5.91. The highest BCUT2D eigenvalue weighted by Gasteiger charge is 2.79. The lowest BCUT2D eigenvalue weighted by atomic mass is 10.0. The first-order valence-corrected chi connectivity index (χ1v) is 5.25. The Morgan fingerprint density at radius 2 is 0.947 bits per heavy atom. The summed E-state index contributed by atoms with van der Waals surface area (Å²) >= 11 is 0. The molecule has 2 amide bonds. The standard InChI is InChI=1S/C9H8F6N2O2/c10-7(11,5(18)16-1-2-16)9(14,15)8(12,13)6(19)17-3-4-17/h1-4H2. The van der Waals surface area contributed by atoms with Crippen LogP contribution in [0.3, 0.4) is 0 Å². The number of amides is 2. The summed E-state index contributed by atoms with van der Waals surface area (Å²) in [4.78, 5) is 22.5. The maximum absolute atomic E-state index is 13.3. The normalized spacial score (nSPS) is 19.5. The number of carbonyl (C=O) groups is 2. The first-order valence-electron chi connectivity index (χ1n) is 5.25. The summed E-state index contributed by atoms with van der Waals surface area (Å²) in [6.07, 6.45) is 0. The molecule has 2 saturated heterocycles. The molecule has 10 heteroatoms. The fourth-order valence-corrected chi connectivity index (χ4v) is 1.37. The molecule has 2 heterocycles. The van der Waals surface area contributed by atoms with E-state index in [1.165, 1.54) is 0 Å². The van der Waals surface area contributed by atoms with E-state index in [4.69, 9.17) is 0 Å². The van der Waals surface area contributed by atoms with Crippen LogP contribution in [0.25, 0.3) is 0 Å². The van der Waals surface area contributed by atoms with E-state index >= 15 is 0 Å². The van der Waals surface area contributed by atoms with Crippen LogP contribution in [0.2, 0.25) is 0 Å². The number of rotatable bonds is 4. The van der Waals surface area contributed by atoms with Crippen LogP contribution in [0.15, 0.2) is 0 Å². The zero-order chi connectivity index (χ0) is 14.6. The number of carbonyl (C=O) groups excluding carboxylic acids is 2. The van der Waals surface area contributed by atoms with Crippen molar-refractivity contribution in [2.75, 3.05) is 26.2 Å². The van der Waals surface area contributed by atoms with Gasteiger partial charge in [-0.1, -0.05) is 0 Å². The molecule has 108 valence electrons. The van der Waals surface area contributed by atoms with Crippen LogP contribution in [0.5, 0.6) is 0 Å². The molecular weight excluding hydrogens is 282 g/mol. The zero-order valence-corrected chi connectivity index (χ0v) is 9.31. The smallest absolute Gasteiger partial charge is 0.334 e. The van der Waals surface area contributed by atoms with E-state index in [0.717, 1.165) is 0 Å². The summed E-state index contributed by atoms with van der Waals surface area (Å²) < 4.78 is 79.5. The Bertz CT molecular complexity index is 392. The quantitative estimate of drug-likeness (QED) is 0.561. The average Bonchev–Trinajstić information content (AvgIpc) is 3.18. The summed E-state index contributed by atoms with van der Waals surface area (Å²) in [6, 6.07) is 0. The van der Waals surface area contributed by atoms with Gasteiger partial charge in [-0.2, -0.15) is 26.3 Å². The minimum absolute atomic E-state index is 0.198. The number of halogens is 6. The number of nitrogens with zero attached hydrogens (tertiary/aromatic N) is 2. The molecule has 0 bridgehead atoms. The van der Waals surface area contributed by atoms with E-state index < -0.39 is 29.6 Å². The molecule has 0 aromatic carbocycles. The van der Waals surface area contributed by atoms with E-state index in [9.17, 15) is 35.9 Å². The third-order valence-electron chi connectivity index (χ3n) is 2.79. The number of hydrogen-bond donors (Lipinski definition) is 0. The largest absolute Gasteiger partial charge is 0.393 e. The molecule has 0 saturated carbocycles. The van der Waals surface area contributed by atoms with Crippen molar-refractivity contribution in [2.24, 2.45) is 0 Å². The van der Waals surface area contributed by atoms with Crippen molar-refractivity contribution in [2.45, 2.75) is 17.8 Å². The Morgan fingerprint density at radius 1 is 0.684 bits per heavy atom. The lowest BCUT2D eigenvalue weighted by Gasteiger charge is -2.30. The third-order valence-corrected chi connectivity index (χ3v) is 2.79. The molecule has 19 heavy (non-hydrogen) atoms. The second kappa shape index (κ2) is 3.76. The minimum Gasteiger partial charge on any atom is -0.334 e. The molecular formula is C9H8F6N2O2. The number of alkyl halides is 6. The lowest BCUT2D eigenvalue weighted by molar-refractivity contribution is -0.290. The molecule has 0 N–H and O–H groups in total. The molecule has 2 aliphatic heterocycles. The van der Waals surface area contributed by atoms with Gasteiger partial charge in [0.15, 0.2) is 0 Å². The molecule has 2 rings (SSSR count). The van der Waals surface area contributed by atoms with Crippen LogP contribution in [0, 0.1) is 0 Å². The molecule has 0 aromatic rings. The topological polar surface area (TPSA) is 40.2 Å². The maximum atomic E-state index is 13.3. The van der Waals surface area contributed by atoms with Crippen molar-refractivity contribution >= 4 is 11.8 Å².